The highest BCUT2D eigenvalue weighted by Crippen LogP contribution is 2.37. The zero-order valence-corrected chi connectivity index (χ0v) is 20.2. The third kappa shape index (κ3) is 5.91. The van der Waals surface area contributed by atoms with Crippen LogP contribution in [0, 0.1) is 5.41 Å². The Labute approximate surface area is 197 Å². The van der Waals surface area contributed by atoms with Crippen LogP contribution in [0.4, 0.5) is 0 Å². The normalized spacial score (nSPS) is 17.6. The molecule has 0 bridgehead atoms. The van der Waals surface area contributed by atoms with E-state index >= 15 is 0 Å². The molecule has 4 rings (SSSR count). The van der Waals surface area contributed by atoms with Crippen LogP contribution in [0.15, 0.2) is 42.6 Å². The second-order valence-corrected chi connectivity index (χ2v) is 9.48. The molecule has 3 heterocycles. The first-order chi connectivity index (χ1) is 13.8. The number of pyridine rings is 1. The number of carbonyl (C=O) groups excluding carboxylic acids is 1. The lowest BCUT2D eigenvalue weighted by Crippen LogP contribution is -2.44. The zero-order chi connectivity index (χ0) is 20.5. The van der Waals surface area contributed by atoms with Gasteiger partial charge in [-0.1, -0.05) is 32.9 Å². The van der Waals surface area contributed by atoms with Gasteiger partial charge in [0.15, 0.2) is 0 Å². The molecule has 0 aliphatic carbocycles. The van der Waals surface area contributed by atoms with Gasteiger partial charge in [0.05, 0.1) is 5.56 Å². The largest absolute Gasteiger partial charge is 0.439 e. The van der Waals surface area contributed by atoms with Crippen LogP contribution in [0.2, 0.25) is 0 Å². The van der Waals surface area contributed by atoms with Crippen molar-refractivity contribution < 1.29 is 9.53 Å². The molecule has 0 atom stereocenters. The van der Waals surface area contributed by atoms with Crippen molar-refractivity contribution in [2.24, 2.45) is 5.41 Å². The smallest absolute Gasteiger partial charge is 0.255 e. The van der Waals surface area contributed by atoms with Gasteiger partial charge in [0.2, 0.25) is 5.88 Å². The summed E-state index contributed by atoms with van der Waals surface area (Å²) in [5.74, 6) is 1.31. The maximum Gasteiger partial charge on any atom is 0.255 e. The summed E-state index contributed by atoms with van der Waals surface area (Å²) in [6, 6.07) is 11.7. The maximum atomic E-state index is 12.8. The summed E-state index contributed by atoms with van der Waals surface area (Å²) in [6.07, 6.45) is 5.04. The topological polar surface area (TPSA) is 54.5 Å². The van der Waals surface area contributed by atoms with Crippen LogP contribution < -0.4 is 10.1 Å². The fourth-order valence-corrected chi connectivity index (χ4v) is 4.30. The van der Waals surface area contributed by atoms with Gasteiger partial charge in [-0.05, 0) is 60.4 Å². The molecule has 7 heteroatoms. The summed E-state index contributed by atoms with van der Waals surface area (Å²) in [6.45, 7) is 10.4. The Morgan fingerprint density at radius 1 is 1.03 bits per heavy atom. The molecule has 2 fully saturated rings. The highest BCUT2D eigenvalue weighted by atomic mass is 35.5. The highest BCUT2D eigenvalue weighted by molar-refractivity contribution is 5.94. The number of amides is 1. The number of benzene rings is 1. The third-order valence-corrected chi connectivity index (χ3v) is 6.37. The van der Waals surface area contributed by atoms with Crippen LogP contribution in [0.3, 0.4) is 0 Å². The molecule has 1 amide bonds. The standard InChI is InChI=1S/C24H31N3O2.2ClH/c1-23(2,3)19-5-7-20(8-6-19)29-21-9-4-18(16-26-21)22(28)27-14-11-24(12-15-27)10-13-25-17-24;;/h4-9,16,25H,10-15,17H2,1-3H3;2*1H. The van der Waals surface area contributed by atoms with E-state index in [2.05, 4.69) is 43.2 Å². The van der Waals surface area contributed by atoms with Crippen molar-refractivity contribution in [2.75, 3.05) is 26.2 Å². The molecule has 5 nitrogen and oxygen atoms in total. The van der Waals surface area contributed by atoms with Gasteiger partial charge in [-0.25, -0.2) is 4.98 Å². The highest BCUT2D eigenvalue weighted by Gasteiger charge is 2.38. The second kappa shape index (κ2) is 10.2. The van der Waals surface area contributed by atoms with Crippen LogP contribution in [-0.2, 0) is 5.41 Å². The van der Waals surface area contributed by atoms with Crippen LogP contribution in [0.5, 0.6) is 11.6 Å². The summed E-state index contributed by atoms with van der Waals surface area (Å²) in [4.78, 5) is 19.2. The predicted molar refractivity (Wildman–Crippen MR) is 129 cm³/mol. The maximum absolute atomic E-state index is 12.8. The lowest BCUT2D eigenvalue weighted by atomic mass is 9.78. The molecule has 0 saturated carbocycles. The molecule has 1 N–H and O–H groups in total. The Morgan fingerprint density at radius 3 is 2.23 bits per heavy atom. The summed E-state index contributed by atoms with van der Waals surface area (Å²) in [7, 11) is 0. The van der Waals surface area contributed by atoms with E-state index in [0.717, 1.165) is 44.8 Å². The molecule has 170 valence electrons. The molecule has 2 aromatic rings. The van der Waals surface area contributed by atoms with Gasteiger partial charge < -0.3 is 15.0 Å². The number of carbonyl (C=O) groups is 1. The number of hydrogen-bond acceptors (Lipinski definition) is 4. The fourth-order valence-electron chi connectivity index (χ4n) is 4.30. The lowest BCUT2D eigenvalue weighted by molar-refractivity contribution is 0.0607. The molecule has 1 aromatic heterocycles. The van der Waals surface area contributed by atoms with Gasteiger partial charge in [0.1, 0.15) is 5.75 Å². The fraction of sp³-hybridized carbons (Fsp3) is 0.500. The minimum absolute atomic E-state index is 0. The number of aromatic nitrogens is 1. The first kappa shape index (κ1) is 25.4. The second-order valence-electron chi connectivity index (χ2n) is 9.48. The Hall–Kier alpha value is -1.82. The first-order valence-corrected chi connectivity index (χ1v) is 10.6. The van der Waals surface area contributed by atoms with E-state index in [-0.39, 0.29) is 36.1 Å². The molecule has 1 spiro atoms. The van der Waals surface area contributed by atoms with Crippen LogP contribution >= 0.6 is 24.8 Å². The lowest BCUT2D eigenvalue weighted by Gasteiger charge is -2.38. The molecule has 31 heavy (non-hydrogen) atoms. The number of piperidine rings is 1. The van der Waals surface area contributed by atoms with Crippen molar-refractivity contribution >= 4 is 30.7 Å². The molecule has 2 aliphatic rings. The van der Waals surface area contributed by atoms with Gasteiger partial charge >= 0.3 is 0 Å². The van der Waals surface area contributed by atoms with E-state index in [1.54, 1.807) is 12.3 Å². The van der Waals surface area contributed by atoms with E-state index in [1.165, 1.54) is 12.0 Å². The summed E-state index contributed by atoms with van der Waals surface area (Å²) in [5, 5.41) is 3.47. The van der Waals surface area contributed by atoms with Crippen molar-refractivity contribution in [1.82, 2.24) is 15.2 Å². The van der Waals surface area contributed by atoms with Crippen LogP contribution in [0.25, 0.3) is 0 Å². The van der Waals surface area contributed by atoms with Gasteiger partial charge in [-0.15, -0.1) is 24.8 Å². The monoisotopic (exact) mass is 465 g/mol. The zero-order valence-electron chi connectivity index (χ0n) is 18.5. The molecule has 0 unspecified atom stereocenters. The summed E-state index contributed by atoms with van der Waals surface area (Å²) >= 11 is 0. The summed E-state index contributed by atoms with van der Waals surface area (Å²) in [5.41, 5.74) is 2.41. The number of nitrogens with one attached hydrogen (secondary N) is 1. The van der Waals surface area contributed by atoms with Crippen molar-refractivity contribution in [3.63, 3.8) is 0 Å². The number of hydrogen-bond donors (Lipinski definition) is 1. The molecule has 1 aromatic carbocycles. The Bertz CT molecular complexity index is 848. The van der Waals surface area contributed by atoms with Gasteiger partial charge in [0.25, 0.3) is 5.91 Å². The van der Waals surface area contributed by atoms with Crippen molar-refractivity contribution in [3.05, 3.63) is 53.7 Å². The quantitative estimate of drug-likeness (QED) is 0.673. The van der Waals surface area contributed by atoms with Crippen molar-refractivity contribution in [2.45, 2.75) is 45.4 Å². The number of nitrogens with zero attached hydrogens (tertiary/aromatic N) is 2. The average Bonchev–Trinajstić information content (AvgIpc) is 3.16. The van der Waals surface area contributed by atoms with Crippen molar-refractivity contribution in [1.29, 1.82) is 0 Å². The predicted octanol–water partition coefficient (Wildman–Crippen LogP) is 5.23. The van der Waals surface area contributed by atoms with Gasteiger partial charge in [0, 0.05) is 31.9 Å². The number of likely N-dealkylation sites (tertiary alicyclic amines) is 1. The van der Waals surface area contributed by atoms with E-state index in [0.29, 0.717) is 16.9 Å². The van der Waals surface area contributed by atoms with Crippen LogP contribution in [0.1, 0.15) is 56.0 Å². The van der Waals surface area contributed by atoms with E-state index in [9.17, 15) is 4.79 Å². The summed E-state index contributed by atoms with van der Waals surface area (Å²) < 4.78 is 5.85. The number of halogens is 2. The number of rotatable bonds is 3. The molecular weight excluding hydrogens is 433 g/mol. The van der Waals surface area contributed by atoms with Gasteiger partial charge in [-0.3, -0.25) is 4.79 Å². The Kier molecular flexibility index (Phi) is 8.37. The number of ether oxygens (including phenoxy) is 1. The Morgan fingerprint density at radius 2 is 1.71 bits per heavy atom. The molecular formula is C24H33Cl2N3O2. The third-order valence-electron chi connectivity index (χ3n) is 6.37. The van der Waals surface area contributed by atoms with E-state index in [4.69, 9.17) is 4.74 Å². The van der Waals surface area contributed by atoms with Gasteiger partial charge in [-0.2, -0.15) is 0 Å². The minimum atomic E-state index is 0. The average molecular weight is 466 g/mol. The SMILES string of the molecule is CC(C)(C)c1ccc(Oc2ccc(C(=O)N3CCC4(CCNC4)CC3)cn2)cc1.Cl.Cl. The van der Waals surface area contributed by atoms with E-state index < -0.39 is 0 Å². The molecule has 2 saturated heterocycles. The van der Waals surface area contributed by atoms with Crippen LogP contribution in [-0.4, -0.2) is 42.0 Å². The van der Waals surface area contributed by atoms with E-state index in [1.807, 2.05) is 23.1 Å². The Balaban J connectivity index is 0.00000171. The van der Waals surface area contributed by atoms with Crippen molar-refractivity contribution in [3.8, 4) is 11.6 Å². The molecule has 2 aliphatic heterocycles. The minimum Gasteiger partial charge on any atom is -0.439 e. The molecule has 0 radical (unpaired) electrons. The first-order valence-electron chi connectivity index (χ1n) is 10.6.